The van der Waals surface area contributed by atoms with Crippen LogP contribution < -0.4 is 9.80 Å². The Kier molecular flexibility index (Phi) is 4.93. The number of carbonyl (C=O) groups excluding carboxylic acids is 1. The van der Waals surface area contributed by atoms with Gasteiger partial charge in [-0.15, -0.1) is 0 Å². The van der Waals surface area contributed by atoms with Crippen molar-refractivity contribution in [1.82, 2.24) is 4.90 Å². The first-order valence-electron chi connectivity index (χ1n) is 9.72. The van der Waals surface area contributed by atoms with Crippen LogP contribution in [0.25, 0.3) is 0 Å². The van der Waals surface area contributed by atoms with E-state index in [0.29, 0.717) is 5.91 Å². The third kappa shape index (κ3) is 3.47. The number of nitrogens with one attached hydrogen (secondary N) is 1. The maximum Gasteiger partial charge on any atom is 0.280 e. The van der Waals surface area contributed by atoms with Crippen molar-refractivity contribution in [1.29, 1.82) is 0 Å². The first kappa shape index (κ1) is 17.1. The number of benzene rings is 2. The summed E-state index contributed by atoms with van der Waals surface area (Å²) in [4.78, 5) is 19.0. The monoisotopic (exact) mass is 350 g/mol. The second-order valence-corrected chi connectivity index (χ2v) is 7.48. The second kappa shape index (κ2) is 7.50. The number of hydrogen-bond donors (Lipinski definition) is 1. The highest BCUT2D eigenvalue weighted by molar-refractivity contribution is 5.80. The Bertz CT molecular complexity index is 753. The third-order valence-electron chi connectivity index (χ3n) is 5.95. The summed E-state index contributed by atoms with van der Waals surface area (Å²) in [5, 5.41) is 0. The predicted octanol–water partition coefficient (Wildman–Crippen LogP) is 1.36. The summed E-state index contributed by atoms with van der Waals surface area (Å²) < 4.78 is 0. The normalized spacial score (nSPS) is 19.1. The van der Waals surface area contributed by atoms with Crippen LogP contribution >= 0.6 is 0 Å². The Hall–Kier alpha value is -2.33. The van der Waals surface area contributed by atoms with Crippen LogP contribution in [0.4, 0.5) is 5.69 Å². The number of piperazine rings is 1. The Balaban J connectivity index is 1.35. The van der Waals surface area contributed by atoms with Gasteiger partial charge < -0.3 is 14.7 Å². The van der Waals surface area contributed by atoms with E-state index in [9.17, 15) is 4.79 Å². The standard InChI is InChI=1S/C22H27N3O/c1-18(22(26)25-12-11-19-7-5-6-8-20(19)17-25)23-13-15-24(16-14-23)21-9-3-2-4-10-21/h2-10,18H,11-17H2,1H3/p+1/t18-/m1/s1. The van der Waals surface area contributed by atoms with Gasteiger partial charge in [-0.3, -0.25) is 4.79 Å². The Morgan fingerprint density at radius 1 is 0.923 bits per heavy atom. The smallest absolute Gasteiger partial charge is 0.280 e. The van der Waals surface area contributed by atoms with Crippen LogP contribution in [0.3, 0.4) is 0 Å². The summed E-state index contributed by atoms with van der Waals surface area (Å²) in [6.45, 7) is 7.79. The van der Waals surface area contributed by atoms with E-state index in [2.05, 4.69) is 71.3 Å². The summed E-state index contributed by atoms with van der Waals surface area (Å²) in [6.07, 6.45) is 0.978. The van der Waals surface area contributed by atoms with E-state index >= 15 is 0 Å². The second-order valence-electron chi connectivity index (χ2n) is 7.48. The van der Waals surface area contributed by atoms with Crippen molar-refractivity contribution < 1.29 is 9.69 Å². The Labute approximate surface area is 156 Å². The Morgan fingerprint density at radius 3 is 2.31 bits per heavy atom. The predicted molar refractivity (Wildman–Crippen MR) is 104 cm³/mol. The fourth-order valence-corrected chi connectivity index (χ4v) is 4.26. The number of nitrogens with zero attached hydrogens (tertiary/aromatic N) is 2. The molecule has 136 valence electrons. The molecule has 1 saturated heterocycles. The van der Waals surface area contributed by atoms with E-state index in [4.69, 9.17) is 0 Å². The van der Waals surface area contributed by atoms with E-state index in [-0.39, 0.29) is 6.04 Å². The van der Waals surface area contributed by atoms with E-state index in [1.807, 2.05) is 0 Å². The van der Waals surface area contributed by atoms with E-state index < -0.39 is 0 Å². The highest BCUT2D eigenvalue weighted by atomic mass is 16.2. The summed E-state index contributed by atoms with van der Waals surface area (Å²) in [5.41, 5.74) is 3.99. The molecule has 0 saturated carbocycles. The zero-order valence-corrected chi connectivity index (χ0v) is 15.5. The molecular formula is C22H28N3O+. The lowest BCUT2D eigenvalue weighted by atomic mass is 9.99. The van der Waals surface area contributed by atoms with Crippen LogP contribution in [0.1, 0.15) is 18.1 Å². The lowest BCUT2D eigenvalue weighted by Crippen LogP contribution is -3.19. The molecule has 2 aliphatic heterocycles. The van der Waals surface area contributed by atoms with Gasteiger partial charge in [0.25, 0.3) is 5.91 Å². The Morgan fingerprint density at radius 2 is 1.58 bits per heavy atom. The molecule has 0 spiro atoms. The highest BCUT2D eigenvalue weighted by Gasteiger charge is 2.33. The van der Waals surface area contributed by atoms with Gasteiger partial charge in [-0.1, -0.05) is 42.5 Å². The van der Waals surface area contributed by atoms with Gasteiger partial charge in [0, 0.05) is 18.8 Å². The molecule has 0 aliphatic carbocycles. The number of hydrogen-bond acceptors (Lipinski definition) is 2. The van der Waals surface area contributed by atoms with Crippen molar-refractivity contribution >= 4 is 11.6 Å². The molecule has 1 amide bonds. The number of para-hydroxylation sites is 1. The molecule has 1 N–H and O–H groups in total. The number of amides is 1. The molecule has 1 fully saturated rings. The van der Waals surface area contributed by atoms with Gasteiger partial charge in [-0.2, -0.15) is 0 Å². The quantitative estimate of drug-likeness (QED) is 0.905. The van der Waals surface area contributed by atoms with Crippen molar-refractivity contribution in [3.63, 3.8) is 0 Å². The van der Waals surface area contributed by atoms with Gasteiger partial charge in [0.2, 0.25) is 0 Å². The zero-order valence-electron chi connectivity index (χ0n) is 15.5. The lowest BCUT2D eigenvalue weighted by molar-refractivity contribution is -0.915. The minimum Gasteiger partial charge on any atom is -0.360 e. The van der Waals surface area contributed by atoms with E-state index in [0.717, 1.165) is 45.7 Å². The molecular weight excluding hydrogens is 322 g/mol. The van der Waals surface area contributed by atoms with Crippen molar-refractivity contribution in [2.45, 2.75) is 25.9 Å². The zero-order chi connectivity index (χ0) is 17.9. The molecule has 26 heavy (non-hydrogen) atoms. The van der Waals surface area contributed by atoms with Gasteiger partial charge >= 0.3 is 0 Å². The summed E-state index contributed by atoms with van der Waals surface area (Å²) in [7, 11) is 0. The number of fused-ring (bicyclic) bond motifs is 1. The van der Waals surface area contributed by atoms with Crippen molar-refractivity contribution in [3.8, 4) is 0 Å². The summed E-state index contributed by atoms with van der Waals surface area (Å²) in [5.74, 6) is 0.308. The molecule has 0 radical (unpaired) electrons. The van der Waals surface area contributed by atoms with Gasteiger partial charge in [-0.05, 0) is 36.6 Å². The summed E-state index contributed by atoms with van der Waals surface area (Å²) >= 11 is 0. The van der Waals surface area contributed by atoms with Gasteiger partial charge in [0.15, 0.2) is 6.04 Å². The molecule has 2 aliphatic rings. The van der Waals surface area contributed by atoms with Crippen LogP contribution in [0.5, 0.6) is 0 Å². The minimum atomic E-state index is 0.0400. The molecule has 2 aromatic rings. The molecule has 4 heteroatoms. The van der Waals surface area contributed by atoms with Crippen LogP contribution in [0.2, 0.25) is 0 Å². The number of anilines is 1. The lowest BCUT2D eigenvalue weighted by Gasteiger charge is -2.38. The molecule has 0 unspecified atom stereocenters. The molecule has 2 aromatic carbocycles. The first-order valence-corrected chi connectivity index (χ1v) is 9.72. The maximum atomic E-state index is 13.1. The molecule has 2 heterocycles. The fourth-order valence-electron chi connectivity index (χ4n) is 4.26. The average Bonchev–Trinajstić information content (AvgIpc) is 2.73. The largest absolute Gasteiger partial charge is 0.360 e. The highest BCUT2D eigenvalue weighted by Crippen LogP contribution is 2.19. The van der Waals surface area contributed by atoms with Crippen LogP contribution in [-0.2, 0) is 17.8 Å². The molecule has 1 atom stereocenters. The van der Waals surface area contributed by atoms with Crippen LogP contribution in [0, 0.1) is 0 Å². The number of carbonyl (C=O) groups is 1. The van der Waals surface area contributed by atoms with Gasteiger partial charge in [0.1, 0.15) is 0 Å². The van der Waals surface area contributed by atoms with E-state index in [1.54, 1.807) is 0 Å². The topological polar surface area (TPSA) is 28.0 Å². The van der Waals surface area contributed by atoms with Crippen molar-refractivity contribution in [2.75, 3.05) is 37.6 Å². The van der Waals surface area contributed by atoms with Crippen LogP contribution in [-0.4, -0.2) is 49.6 Å². The molecule has 0 aromatic heterocycles. The minimum absolute atomic E-state index is 0.0400. The fraction of sp³-hybridized carbons (Fsp3) is 0.409. The number of quaternary nitrogens is 1. The molecule has 4 nitrogen and oxygen atoms in total. The average molecular weight is 350 g/mol. The SMILES string of the molecule is C[C@H](C(=O)N1CCc2ccccc2C1)[NH+]1CCN(c2ccccc2)CC1. The number of rotatable bonds is 3. The van der Waals surface area contributed by atoms with E-state index in [1.165, 1.54) is 21.7 Å². The molecule has 0 bridgehead atoms. The van der Waals surface area contributed by atoms with Gasteiger partial charge in [-0.25, -0.2) is 0 Å². The van der Waals surface area contributed by atoms with Crippen molar-refractivity contribution in [2.24, 2.45) is 0 Å². The first-order chi connectivity index (χ1) is 12.7. The van der Waals surface area contributed by atoms with Crippen LogP contribution in [0.15, 0.2) is 54.6 Å². The maximum absolute atomic E-state index is 13.1. The van der Waals surface area contributed by atoms with Gasteiger partial charge in [0.05, 0.1) is 26.2 Å². The third-order valence-corrected chi connectivity index (χ3v) is 5.95. The summed E-state index contributed by atoms with van der Waals surface area (Å²) in [6, 6.07) is 19.1. The van der Waals surface area contributed by atoms with Crippen molar-refractivity contribution in [3.05, 3.63) is 65.7 Å². The molecule has 4 rings (SSSR count).